The molecule has 1 aliphatic rings. The molecule has 1 atom stereocenters. The first-order chi connectivity index (χ1) is 11.5. The van der Waals surface area contributed by atoms with Gasteiger partial charge in [-0.3, -0.25) is 9.59 Å². The summed E-state index contributed by atoms with van der Waals surface area (Å²) in [6, 6.07) is 15.6. The van der Waals surface area contributed by atoms with Crippen molar-refractivity contribution in [2.24, 2.45) is 0 Å². The lowest BCUT2D eigenvalue weighted by Gasteiger charge is -2.21. The molecule has 2 aromatic rings. The zero-order chi connectivity index (χ0) is 17.1. The van der Waals surface area contributed by atoms with E-state index in [4.69, 9.17) is 4.74 Å². The summed E-state index contributed by atoms with van der Waals surface area (Å²) < 4.78 is 5.34. The highest BCUT2D eigenvalue weighted by Crippen LogP contribution is 2.28. The monoisotopic (exact) mass is 323 g/mol. The van der Waals surface area contributed by atoms with Crippen LogP contribution >= 0.6 is 0 Å². The van der Waals surface area contributed by atoms with E-state index in [2.05, 4.69) is 0 Å². The van der Waals surface area contributed by atoms with Gasteiger partial charge in [0.25, 0.3) is 5.91 Å². The second-order valence-corrected chi connectivity index (χ2v) is 6.16. The highest BCUT2D eigenvalue weighted by Gasteiger charge is 2.29. The Morgan fingerprint density at radius 2 is 1.83 bits per heavy atom. The van der Waals surface area contributed by atoms with E-state index in [0.717, 1.165) is 28.8 Å². The van der Waals surface area contributed by atoms with Crippen molar-refractivity contribution in [1.29, 1.82) is 0 Å². The number of carbonyl (C=O) groups is 2. The summed E-state index contributed by atoms with van der Waals surface area (Å²) in [4.78, 5) is 26.4. The topological polar surface area (TPSA) is 46.6 Å². The van der Waals surface area contributed by atoms with Gasteiger partial charge < -0.3 is 9.64 Å². The van der Waals surface area contributed by atoms with Gasteiger partial charge in [0.2, 0.25) is 0 Å². The molecule has 2 aromatic carbocycles. The van der Waals surface area contributed by atoms with Crippen LogP contribution in [0.15, 0.2) is 48.5 Å². The van der Waals surface area contributed by atoms with Crippen molar-refractivity contribution in [2.45, 2.75) is 32.8 Å². The van der Waals surface area contributed by atoms with Gasteiger partial charge >= 0.3 is 5.97 Å². The molecule has 0 N–H and O–H groups in total. The molecule has 1 amide bonds. The van der Waals surface area contributed by atoms with Crippen molar-refractivity contribution in [2.75, 3.05) is 11.4 Å². The van der Waals surface area contributed by atoms with Gasteiger partial charge in [-0.1, -0.05) is 48.0 Å². The first-order valence-electron chi connectivity index (χ1n) is 8.19. The summed E-state index contributed by atoms with van der Waals surface area (Å²) in [7, 11) is 0. The number of anilines is 1. The van der Waals surface area contributed by atoms with Gasteiger partial charge in [-0.25, -0.2) is 0 Å². The van der Waals surface area contributed by atoms with Crippen molar-refractivity contribution >= 4 is 17.6 Å². The van der Waals surface area contributed by atoms with Crippen LogP contribution < -0.4 is 4.90 Å². The molecular formula is C20H21NO3. The zero-order valence-corrected chi connectivity index (χ0v) is 14.0. The SMILES string of the molecule is Cc1ccc(CC(=O)O[C@@H](C)C(=O)N2CCc3ccccc32)cc1. The maximum Gasteiger partial charge on any atom is 0.311 e. The summed E-state index contributed by atoms with van der Waals surface area (Å²) in [6.45, 7) is 4.27. The molecule has 0 radical (unpaired) electrons. The van der Waals surface area contributed by atoms with Gasteiger partial charge in [-0.2, -0.15) is 0 Å². The highest BCUT2D eigenvalue weighted by molar-refractivity contribution is 5.99. The average Bonchev–Trinajstić information content (AvgIpc) is 3.00. The number of hydrogen-bond acceptors (Lipinski definition) is 3. The first-order valence-corrected chi connectivity index (χ1v) is 8.19. The number of rotatable bonds is 4. The lowest BCUT2D eigenvalue weighted by Crippen LogP contribution is -2.39. The number of fused-ring (bicyclic) bond motifs is 1. The van der Waals surface area contributed by atoms with Crippen molar-refractivity contribution in [3.63, 3.8) is 0 Å². The summed E-state index contributed by atoms with van der Waals surface area (Å²) in [6.07, 6.45) is 0.231. The molecule has 0 saturated heterocycles. The van der Waals surface area contributed by atoms with Crippen LogP contribution in [0.3, 0.4) is 0 Å². The van der Waals surface area contributed by atoms with Gasteiger partial charge in [0.1, 0.15) is 0 Å². The fourth-order valence-electron chi connectivity index (χ4n) is 2.95. The largest absolute Gasteiger partial charge is 0.452 e. The van der Waals surface area contributed by atoms with Crippen LogP contribution in [-0.4, -0.2) is 24.5 Å². The minimum atomic E-state index is -0.783. The number of benzene rings is 2. The Morgan fingerprint density at radius 3 is 2.58 bits per heavy atom. The van der Waals surface area contributed by atoms with Gasteiger partial charge in [0.05, 0.1) is 6.42 Å². The van der Waals surface area contributed by atoms with Crippen LogP contribution in [0.5, 0.6) is 0 Å². The maximum absolute atomic E-state index is 12.6. The molecule has 0 aliphatic carbocycles. The molecule has 0 unspecified atom stereocenters. The van der Waals surface area contributed by atoms with Crippen LogP contribution in [0.2, 0.25) is 0 Å². The highest BCUT2D eigenvalue weighted by atomic mass is 16.5. The fraction of sp³-hybridized carbons (Fsp3) is 0.300. The number of amides is 1. The van der Waals surface area contributed by atoms with E-state index < -0.39 is 6.10 Å². The molecule has 1 aliphatic heterocycles. The fourth-order valence-corrected chi connectivity index (χ4v) is 2.95. The maximum atomic E-state index is 12.6. The third kappa shape index (κ3) is 3.48. The number of aryl methyl sites for hydroxylation is 1. The summed E-state index contributed by atoms with van der Waals surface area (Å²) >= 11 is 0. The van der Waals surface area contributed by atoms with Crippen LogP contribution in [0, 0.1) is 6.92 Å². The van der Waals surface area contributed by atoms with Gasteiger partial charge in [-0.15, -0.1) is 0 Å². The molecule has 0 spiro atoms. The Bertz CT molecular complexity index is 752. The Kier molecular flexibility index (Phi) is 4.65. The Hall–Kier alpha value is -2.62. The number of hydrogen-bond donors (Lipinski definition) is 0. The van der Waals surface area contributed by atoms with E-state index >= 15 is 0 Å². The van der Waals surface area contributed by atoms with Crippen molar-refractivity contribution in [3.8, 4) is 0 Å². The third-order valence-corrected chi connectivity index (χ3v) is 4.28. The molecule has 3 rings (SSSR count). The number of ether oxygens (including phenoxy) is 1. The van der Waals surface area contributed by atoms with Crippen molar-refractivity contribution < 1.29 is 14.3 Å². The number of nitrogens with zero attached hydrogens (tertiary/aromatic N) is 1. The second kappa shape index (κ2) is 6.87. The van der Waals surface area contributed by atoms with E-state index in [9.17, 15) is 9.59 Å². The van der Waals surface area contributed by atoms with Crippen LogP contribution in [-0.2, 0) is 27.2 Å². The molecule has 0 saturated carbocycles. The van der Waals surface area contributed by atoms with E-state index in [-0.39, 0.29) is 18.3 Å². The van der Waals surface area contributed by atoms with Crippen LogP contribution in [0.4, 0.5) is 5.69 Å². The second-order valence-electron chi connectivity index (χ2n) is 6.16. The number of carbonyl (C=O) groups excluding carboxylic acids is 2. The van der Waals surface area contributed by atoms with E-state index in [1.807, 2.05) is 55.5 Å². The lowest BCUT2D eigenvalue weighted by molar-refractivity contribution is -0.153. The summed E-state index contributed by atoms with van der Waals surface area (Å²) in [5.74, 6) is -0.551. The predicted octanol–water partition coefficient (Wildman–Crippen LogP) is 3.06. The van der Waals surface area contributed by atoms with Crippen molar-refractivity contribution in [3.05, 3.63) is 65.2 Å². The number of esters is 1. The molecule has 1 heterocycles. The number of para-hydroxylation sites is 1. The van der Waals surface area contributed by atoms with Crippen molar-refractivity contribution in [1.82, 2.24) is 0 Å². The molecule has 0 aromatic heterocycles. The molecule has 124 valence electrons. The Morgan fingerprint density at radius 1 is 1.12 bits per heavy atom. The predicted molar refractivity (Wildman–Crippen MR) is 92.9 cm³/mol. The van der Waals surface area contributed by atoms with Gasteiger partial charge in [-0.05, 0) is 37.5 Å². The normalized spacial score (nSPS) is 14.2. The Labute approximate surface area is 142 Å². The minimum Gasteiger partial charge on any atom is -0.452 e. The summed E-state index contributed by atoms with van der Waals surface area (Å²) in [5, 5.41) is 0. The quantitative estimate of drug-likeness (QED) is 0.813. The molecule has 24 heavy (non-hydrogen) atoms. The lowest BCUT2D eigenvalue weighted by atomic mass is 10.1. The van der Waals surface area contributed by atoms with E-state index in [0.29, 0.717) is 6.54 Å². The molecular weight excluding hydrogens is 302 g/mol. The molecule has 4 nitrogen and oxygen atoms in total. The molecule has 4 heteroatoms. The van der Waals surface area contributed by atoms with Crippen LogP contribution in [0.25, 0.3) is 0 Å². The van der Waals surface area contributed by atoms with Gasteiger partial charge in [0.15, 0.2) is 6.10 Å². The first kappa shape index (κ1) is 16.2. The average molecular weight is 323 g/mol. The smallest absolute Gasteiger partial charge is 0.311 e. The third-order valence-electron chi connectivity index (χ3n) is 4.28. The minimum absolute atomic E-state index is 0.169. The zero-order valence-electron chi connectivity index (χ0n) is 14.0. The van der Waals surface area contributed by atoms with Crippen LogP contribution in [0.1, 0.15) is 23.6 Å². The van der Waals surface area contributed by atoms with Gasteiger partial charge in [0, 0.05) is 12.2 Å². The summed E-state index contributed by atoms with van der Waals surface area (Å²) in [5.41, 5.74) is 4.10. The Balaban J connectivity index is 1.60. The standard InChI is InChI=1S/C20H21NO3/c1-14-7-9-16(10-8-14)13-19(22)24-15(2)20(23)21-12-11-17-5-3-4-6-18(17)21/h3-10,15H,11-13H2,1-2H3/t15-/m0/s1. The molecule has 0 bridgehead atoms. The molecule has 0 fully saturated rings. The van der Waals surface area contributed by atoms with E-state index in [1.165, 1.54) is 0 Å². The van der Waals surface area contributed by atoms with E-state index in [1.54, 1.807) is 11.8 Å².